The first-order chi connectivity index (χ1) is 11.6. The minimum atomic E-state index is -5.73. The first-order valence-corrected chi connectivity index (χ1v) is 8.47. The number of hydrogen-bond donors (Lipinski definition) is 0. The molecule has 0 heterocycles. The molecule has 130 valence electrons. The second-order valence-electron chi connectivity index (χ2n) is 4.18. The van der Waals surface area contributed by atoms with Crippen LogP contribution in [0.25, 0.3) is 0 Å². The molecule has 0 spiro atoms. The van der Waals surface area contributed by atoms with Crippen molar-refractivity contribution in [2.45, 2.75) is 5.51 Å². The normalized spacial score (nSPS) is 10.6. The third-order valence-corrected chi connectivity index (χ3v) is 4.14. The van der Waals surface area contributed by atoms with Crippen LogP contribution in [-0.2, 0) is 10.1 Å². The maximum absolute atomic E-state index is 12.0. The summed E-state index contributed by atoms with van der Waals surface area (Å²) < 4.78 is 61.8. The molecule has 2 aromatic carbocycles. The Kier molecular flexibility index (Phi) is 6.97. The van der Waals surface area contributed by atoms with E-state index in [4.69, 9.17) is 10.5 Å². The molecule has 0 aliphatic heterocycles. The average Bonchev–Trinajstić information content (AvgIpc) is 2.55. The van der Waals surface area contributed by atoms with Crippen molar-refractivity contribution in [3.8, 4) is 17.9 Å². The van der Waals surface area contributed by atoms with E-state index in [1.807, 2.05) is 24.3 Å². The number of para-hydroxylation sites is 1. The number of rotatable bonds is 2. The monoisotopic (exact) mass is 432 g/mol. The van der Waals surface area contributed by atoms with Crippen LogP contribution < -0.4 is 4.18 Å². The van der Waals surface area contributed by atoms with Gasteiger partial charge in [0, 0.05) is 4.47 Å². The van der Waals surface area contributed by atoms with Gasteiger partial charge in [0.1, 0.15) is 12.1 Å². The lowest BCUT2D eigenvalue weighted by Gasteiger charge is -2.09. The van der Waals surface area contributed by atoms with Crippen molar-refractivity contribution in [2.75, 3.05) is 0 Å². The van der Waals surface area contributed by atoms with Gasteiger partial charge in [-0.3, -0.25) is 0 Å². The summed E-state index contributed by atoms with van der Waals surface area (Å²) in [6.07, 6.45) is 0. The summed E-state index contributed by atoms with van der Waals surface area (Å²) >= 11 is 3.23. The number of alkyl halides is 3. The van der Waals surface area contributed by atoms with E-state index >= 15 is 0 Å². The van der Waals surface area contributed by atoms with Crippen molar-refractivity contribution in [3.05, 3.63) is 64.1 Å². The largest absolute Gasteiger partial charge is 0.534 e. The standard InChI is InChI=1S/C8H4F3NO3S.C7H4BrN/c9-8(10,11)16(13,14)15-7-4-2-1-3-6(7)5-12;8-7-4-2-1-3-6(7)5-9/h1-4H;1-4H. The number of hydrogen-bond acceptors (Lipinski definition) is 5. The summed E-state index contributed by atoms with van der Waals surface area (Å²) in [5.74, 6) is -0.651. The Morgan fingerprint density at radius 2 is 1.40 bits per heavy atom. The number of halogens is 4. The molecule has 0 aromatic heterocycles. The summed E-state index contributed by atoms with van der Waals surface area (Å²) in [7, 11) is -5.73. The summed E-state index contributed by atoms with van der Waals surface area (Å²) in [5, 5.41) is 17.0. The molecule has 0 radical (unpaired) electrons. The van der Waals surface area contributed by atoms with Gasteiger partial charge in [-0.1, -0.05) is 24.3 Å². The number of benzene rings is 2. The molecule has 0 fully saturated rings. The molecular weight excluding hydrogens is 425 g/mol. The molecule has 0 saturated heterocycles. The van der Waals surface area contributed by atoms with Crippen molar-refractivity contribution in [1.82, 2.24) is 0 Å². The van der Waals surface area contributed by atoms with E-state index in [0.29, 0.717) is 5.56 Å². The quantitative estimate of drug-likeness (QED) is 0.525. The lowest BCUT2D eigenvalue weighted by Crippen LogP contribution is -2.28. The van der Waals surface area contributed by atoms with E-state index in [1.54, 1.807) is 6.07 Å². The van der Waals surface area contributed by atoms with Crippen LogP contribution in [0.2, 0.25) is 0 Å². The molecule has 0 bridgehead atoms. The third-order valence-electron chi connectivity index (χ3n) is 2.48. The van der Waals surface area contributed by atoms with Crippen molar-refractivity contribution in [2.24, 2.45) is 0 Å². The maximum Gasteiger partial charge on any atom is 0.534 e. The minimum absolute atomic E-state index is 0.296. The van der Waals surface area contributed by atoms with E-state index < -0.39 is 21.4 Å². The van der Waals surface area contributed by atoms with Gasteiger partial charge >= 0.3 is 15.6 Å². The van der Waals surface area contributed by atoms with Crippen LogP contribution in [0, 0.1) is 22.7 Å². The molecule has 0 atom stereocenters. The molecule has 0 unspecified atom stereocenters. The fourth-order valence-corrected chi connectivity index (χ4v) is 2.20. The lowest BCUT2D eigenvalue weighted by atomic mass is 10.2. The third kappa shape index (κ3) is 5.78. The van der Waals surface area contributed by atoms with Crippen LogP contribution >= 0.6 is 15.9 Å². The number of nitrogens with zero attached hydrogens (tertiary/aromatic N) is 2. The van der Waals surface area contributed by atoms with Crippen molar-refractivity contribution < 1.29 is 25.8 Å². The van der Waals surface area contributed by atoms with Gasteiger partial charge in [0.05, 0.1) is 11.1 Å². The second-order valence-corrected chi connectivity index (χ2v) is 6.57. The molecule has 10 heteroatoms. The van der Waals surface area contributed by atoms with Crippen molar-refractivity contribution >= 4 is 26.0 Å². The summed E-state index contributed by atoms with van der Waals surface area (Å²) in [6.45, 7) is 0. The van der Waals surface area contributed by atoms with Crippen LogP contribution in [-0.4, -0.2) is 13.9 Å². The van der Waals surface area contributed by atoms with Crippen LogP contribution in [0.4, 0.5) is 13.2 Å². The van der Waals surface area contributed by atoms with Crippen molar-refractivity contribution in [3.63, 3.8) is 0 Å². The van der Waals surface area contributed by atoms with Gasteiger partial charge in [-0.15, -0.1) is 0 Å². The van der Waals surface area contributed by atoms with Crippen LogP contribution in [0.1, 0.15) is 11.1 Å². The molecule has 0 saturated carbocycles. The van der Waals surface area contributed by atoms with E-state index in [9.17, 15) is 21.6 Å². The Morgan fingerprint density at radius 1 is 0.920 bits per heavy atom. The Bertz CT molecular complexity index is 932. The molecule has 0 amide bonds. The first-order valence-electron chi connectivity index (χ1n) is 6.27. The second kappa shape index (κ2) is 8.51. The highest BCUT2D eigenvalue weighted by Gasteiger charge is 2.48. The molecule has 0 aliphatic carbocycles. The highest BCUT2D eigenvalue weighted by atomic mass is 79.9. The van der Waals surface area contributed by atoms with Gasteiger partial charge in [0.25, 0.3) is 0 Å². The van der Waals surface area contributed by atoms with E-state index in [-0.39, 0.29) is 5.56 Å². The van der Waals surface area contributed by atoms with Crippen molar-refractivity contribution in [1.29, 1.82) is 10.5 Å². The summed E-state index contributed by atoms with van der Waals surface area (Å²) in [5.41, 5.74) is -5.14. The highest BCUT2D eigenvalue weighted by molar-refractivity contribution is 9.10. The zero-order chi connectivity index (χ0) is 19.1. The molecule has 0 N–H and O–H groups in total. The SMILES string of the molecule is N#Cc1ccccc1Br.N#Cc1ccccc1OS(=O)(=O)C(F)(F)F. The van der Waals surface area contributed by atoms with Gasteiger partial charge in [0.2, 0.25) is 0 Å². The summed E-state index contributed by atoms with van der Waals surface area (Å²) in [6, 6.07) is 15.6. The van der Waals surface area contributed by atoms with E-state index in [1.165, 1.54) is 18.2 Å². The Labute approximate surface area is 150 Å². The maximum atomic E-state index is 12.0. The molecule has 2 rings (SSSR count). The molecule has 0 aliphatic rings. The molecule has 25 heavy (non-hydrogen) atoms. The molecule has 2 aromatic rings. The minimum Gasteiger partial charge on any atom is -0.375 e. The first kappa shape index (κ1) is 20.5. The lowest BCUT2D eigenvalue weighted by molar-refractivity contribution is -0.0500. The van der Waals surface area contributed by atoms with Crippen LogP contribution in [0.5, 0.6) is 5.75 Å². The van der Waals surface area contributed by atoms with E-state index in [0.717, 1.165) is 16.6 Å². The van der Waals surface area contributed by atoms with Gasteiger partial charge in [-0.05, 0) is 40.2 Å². The fourth-order valence-electron chi connectivity index (χ4n) is 1.35. The Hall–Kier alpha value is -2.56. The van der Waals surface area contributed by atoms with Gasteiger partial charge in [-0.25, -0.2) is 0 Å². The number of nitriles is 2. The highest BCUT2D eigenvalue weighted by Crippen LogP contribution is 2.28. The molecular formula is C15H8BrF3N2O3S. The average molecular weight is 433 g/mol. The van der Waals surface area contributed by atoms with Gasteiger partial charge in [-0.2, -0.15) is 32.1 Å². The smallest absolute Gasteiger partial charge is 0.375 e. The topological polar surface area (TPSA) is 90.9 Å². The predicted molar refractivity (Wildman–Crippen MR) is 85.6 cm³/mol. The fraction of sp³-hybridized carbons (Fsp3) is 0.0667. The van der Waals surface area contributed by atoms with Gasteiger partial charge < -0.3 is 4.18 Å². The Balaban J connectivity index is 0.000000293. The van der Waals surface area contributed by atoms with E-state index in [2.05, 4.69) is 20.1 Å². The molecule has 5 nitrogen and oxygen atoms in total. The predicted octanol–water partition coefficient (Wildman–Crippen LogP) is 4.11. The zero-order valence-corrected chi connectivity index (χ0v) is 14.6. The zero-order valence-electron chi connectivity index (χ0n) is 12.2. The van der Waals surface area contributed by atoms with Crippen LogP contribution in [0.3, 0.4) is 0 Å². The summed E-state index contributed by atoms with van der Waals surface area (Å²) in [4.78, 5) is 0. The Morgan fingerprint density at radius 3 is 1.84 bits per heavy atom. The van der Waals surface area contributed by atoms with Gasteiger partial charge in [0.15, 0.2) is 5.75 Å². The van der Waals surface area contributed by atoms with Crippen LogP contribution in [0.15, 0.2) is 53.0 Å².